The fraction of sp³-hybridized carbons (Fsp3) is 0.308. The summed E-state index contributed by atoms with van der Waals surface area (Å²) in [5, 5.41) is 2.82. The first-order valence-corrected chi connectivity index (χ1v) is 6.46. The molecule has 0 radical (unpaired) electrons. The number of amides is 1. The number of nitrogens with two attached hydrogens (primary N) is 1. The van der Waals surface area contributed by atoms with Crippen molar-refractivity contribution in [2.75, 3.05) is 23.8 Å². The van der Waals surface area contributed by atoms with E-state index in [1.165, 1.54) is 0 Å². The van der Waals surface area contributed by atoms with Crippen LogP contribution in [0.5, 0.6) is 0 Å². The first-order valence-electron chi connectivity index (χ1n) is 5.31. The molecule has 0 fully saturated rings. The molecule has 3 N–H and O–H groups in total. The average Bonchev–Trinajstić information content (AvgIpc) is 2.32. The molecule has 0 saturated carbocycles. The molecular formula is C13H16N2OS. The van der Waals surface area contributed by atoms with E-state index in [1.807, 2.05) is 19.1 Å². The predicted molar refractivity (Wildman–Crippen MR) is 74.1 cm³/mol. The van der Waals surface area contributed by atoms with Gasteiger partial charge in [0.25, 0.3) is 5.91 Å². The van der Waals surface area contributed by atoms with E-state index in [-0.39, 0.29) is 5.91 Å². The molecule has 1 rings (SSSR count). The van der Waals surface area contributed by atoms with Crippen LogP contribution in [0.2, 0.25) is 0 Å². The largest absolute Gasteiger partial charge is 0.398 e. The summed E-state index contributed by atoms with van der Waals surface area (Å²) in [4.78, 5) is 11.8. The van der Waals surface area contributed by atoms with Crippen molar-refractivity contribution in [3.63, 3.8) is 0 Å². The van der Waals surface area contributed by atoms with Gasteiger partial charge in [0.05, 0.1) is 11.3 Å². The highest BCUT2D eigenvalue weighted by Gasteiger charge is 2.09. The molecule has 90 valence electrons. The number of nitrogens with one attached hydrogen (secondary N) is 1. The van der Waals surface area contributed by atoms with E-state index in [0.29, 0.717) is 23.5 Å². The first kappa shape index (κ1) is 13.5. The number of hydrogen-bond donors (Lipinski definition) is 2. The minimum absolute atomic E-state index is 0.132. The topological polar surface area (TPSA) is 55.1 Å². The predicted octanol–water partition coefficient (Wildman–Crippen LogP) is 1.67. The summed E-state index contributed by atoms with van der Waals surface area (Å²) in [5.41, 5.74) is 7.84. The molecule has 0 atom stereocenters. The quantitative estimate of drug-likeness (QED) is 0.473. The Bertz CT molecular complexity index is 438. The SMILES string of the molecule is C#CCSCCNC(=O)c1cccc(C)c1N. The molecule has 0 aliphatic rings. The third-order valence-electron chi connectivity index (χ3n) is 2.29. The zero-order valence-electron chi connectivity index (χ0n) is 9.82. The van der Waals surface area contributed by atoms with Gasteiger partial charge in [0.1, 0.15) is 0 Å². The molecule has 0 bridgehead atoms. The molecule has 4 heteroatoms. The lowest BCUT2D eigenvalue weighted by molar-refractivity contribution is 0.0957. The molecule has 0 heterocycles. The Kier molecular flexibility index (Phi) is 5.44. The van der Waals surface area contributed by atoms with Gasteiger partial charge < -0.3 is 11.1 Å². The van der Waals surface area contributed by atoms with E-state index < -0.39 is 0 Å². The molecule has 0 saturated heterocycles. The van der Waals surface area contributed by atoms with Gasteiger partial charge in [-0.15, -0.1) is 18.2 Å². The summed E-state index contributed by atoms with van der Waals surface area (Å²) in [6.07, 6.45) is 5.12. The van der Waals surface area contributed by atoms with Crippen LogP contribution in [0.25, 0.3) is 0 Å². The fourth-order valence-corrected chi connectivity index (χ4v) is 1.85. The zero-order chi connectivity index (χ0) is 12.7. The fourth-order valence-electron chi connectivity index (χ4n) is 1.34. The Morgan fingerprint density at radius 1 is 1.59 bits per heavy atom. The normalized spacial score (nSPS) is 9.65. The summed E-state index contributed by atoms with van der Waals surface area (Å²) < 4.78 is 0. The lowest BCUT2D eigenvalue weighted by Crippen LogP contribution is -2.26. The number of terminal acetylenes is 1. The van der Waals surface area contributed by atoms with E-state index >= 15 is 0 Å². The van der Waals surface area contributed by atoms with Crippen molar-refractivity contribution >= 4 is 23.4 Å². The number of nitrogen functional groups attached to an aromatic ring is 1. The number of anilines is 1. The molecule has 1 amide bonds. The third-order valence-corrected chi connectivity index (χ3v) is 3.15. The Balaban J connectivity index is 2.48. The van der Waals surface area contributed by atoms with Gasteiger partial charge in [-0.2, -0.15) is 0 Å². The van der Waals surface area contributed by atoms with Crippen LogP contribution in [0.4, 0.5) is 5.69 Å². The molecule has 3 nitrogen and oxygen atoms in total. The van der Waals surface area contributed by atoms with Gasteiger partial charge in [-0.3, -0.25) is 4.79 Å². The van der Waals surface area contributed by atoms with Gasteiger partial charge in [-0.1, -0.05) is 18.1 Å². The van der Waals surface area contributed by atoms with Crippen molar-refractivity contribution in [2.45, 2.75) is 6.92 Å². The summed E-state index contributed by atoms with van der Waals surface area (Å²) in [6.45, 7) is 2.48. The molecule has 0 aliphatic heterocycles. The zero-order valence-corrected chi connectivity index (χ0v) is 10.6. The number of hydrogen-bond acceptors (Lipinski definition) is 3. The minimum Gasteiger partial charge on any atom is -0.398 e. The molecule has 0 aromatic heterocycles. The van der Waals surface area contributed by atoms with Crippen LogP contribution in [-0.2, 0) is 0 Å². The monoisotopic (exact) mass is 248 g/mol. The Labute approximate surface area is 106 Å². The van der Waals surface area contributed by atoms with Crippen molar-refractivity contribution in [2.24, 2.45) is 0 Å². The average molecular weight is 248 g/mol. The van der Waals surface area contributed by atoms with Gasteiger partial charge >= 0.3 is 0 Å². The highest BCUT2D eigenvalue weighted by Crippen LogP contribution is 2.15. The number of para-hydroxylation sites is 1. The molecule has 0 aliphatic carbocycles. The maximum atomic E-state index is 11.8. The van der Waals surface area contributed by atoms with Crippen LogP contribution in [-0.4, -0.2) is 24.0 Å². The Morgan fingerprint density at radius 3 is 3.06 bits per heavy atom. The summed E-state index contributed by atoms with van der Waals surface area (Å²) >= 11 is 1.62. The van der Waals surface area contributed by atoms with E-state index in [9.17, 15) is 4.79 Å². The van der Waals surface area contributed by atoms with Crippen LogP contribution >= 0.6 is 11.8 Å². The van der Waals surface area contributed by atoms with E-state index in [0.717, 1.165) is 11.3 Å². The van der Waals surface area contributed by atoms with Gasteiger partial charge in [-0.25, -0.2) is 0 Å². The minimum atomic E-state index is -0.132. The van der Waals surface area contributed by atoms with Crippen molar-refractivity contribution in [3.05, 3.63) is 29.3 Å². The highest BCUT2D eigenvalue weighted by atomic mass is 32.2. The number of carbonyl (C=O) groups excluding carboxylic acids is 1. The Morgan fingerprint density at radius 2 is 2.35 bits per heavy atom. The number of rotatable bonds is 5. The van der Waals surface area contributed by atoms with Crippen LogP contribution < -0.4 is 11.1 Å². The number of thioether (sulfide) groups is 1. The third kappa shape index (κ3) is 4.04. The molecule has 0 unspecified atom stereocenters. The first-order chi connectivity index (χ1) is 8.16. The van der Waals surface area contributed by atoms with Crippen LogP contribution in [0.15, 0.2) is 18.2 Å². The van der Waals surface area contributed by atoms with E-state index in [2.05, 4.69) is 11.2 Å². The standard InChI is InChI=1S/C13H16N2OS/c1-3-8-17-9-7-15-13(16)11-6-4-5-10(2)12(11)14/h1,4-6H,7-9,14H2,2H3,(H,15,16). The lowest BCUT2D eigenvalue weighted by Gasteiger charge is -2.08. The van der Waals surface area contributed by atoms with Crippen LogP contribution in [0, 0.1) is 19.3 Å². The molecular weight excluding hydrogens is 232 g/mol. The smallest absolute Gasteiger partial charge is 0.253 e. The second-order valence-corrected chi connectivity index (χ2v) is 4.65. The van der Waals surface area contributed by atoms with Gasteiger partial charge in [0.15, 0.2) is 0 Å². The number of benzene rings is 1. The van der Waals surface area contributed by atoms with E-state index in [4.69, 9.17) is 12.2 Å². The number of aryl methyl sites for hydroxylation is 1. The molecule has 0 spiro atoms. The number of carbonyl (C=O) groups is 1. The van der Waals surface area contributed by atoms with Gasteiger partial charge in [-0.05, 0) is 18.6 Å². The molecule has 1 aromatic rings. The summed E-state index contributed by atoms with van der Waals surface area (Å²) in [6, 6.07) is 5.44. The molecule has 17 heavy (non-hydrogen) atoms. The lowest BCUT2D eigenvalue weighted by atomic mass is 10.1. The van der Waals surface area contributed by atoms with Crippen molar-refractivity contribution in [1.29, 1.82) is 0 Å². The van der Waals surface area contributed by atoms with Gasteiger partial charge in [0.2, 0.25) is 0 Å². The second kappa shape index (κ2) is 6.87. The maximum Gasteiger partial charge on any atom is 0.253 e. The maximum absolute atomic E-state index is 11.8. The van der Waals surface area contributed by atoms with Gasteiger partial charge in [0, 0.05) is 18.0 Å². The summed E-state index contributed by atoms with van der Waals surface area (Å²) in [7, 11) is 0. The van der Waals surface area contributed by atoms with Crippen molar-refractivity contribution in [1.82, 2.24) is 5.32 Å². The summed E-state index contributed by atoms with van der Waals surface area (Å²) in [5.74, 6) is 3.88. The van der Waals surface area contributed by atoms with Crippen molar-refractivity contribution in [3.8, 4) is 12.3 Å². The van der Waals surface area contributed by atoms with Crippen molar-refractivity contribution < 1.29 is 4.79 Å². The molecule has 1 aromatic carbocycles. The highest BCUT2D eigenvalue weighted by molar-refractivity contribution is 7.99. The van der Waals surface area contributed by atoms with Crippen LogP contribution in [0.1, 0.15) is 15.9 Å². The Hall–Kier alpha value is -1.60. The second-order valence-electron chi connectivity index (χ2n) is 3.55. The van der Waals surface area contributed by atoms with Crippen LogP contribution in [0.3, 0.4) is 0 Å². The van der Waals surface area contributed by atoms with E-state index in [1.54, 1.807) is 17.8 Å².